The fourth-order valence-electron chi connectivity index (χ4n) is 6.59. The third-order valence-corrected chi connectivity index (χ3v) is 7.51. The van der Waals surface area contributed by atoms with Crippen molar-refractivity contribution in [2.24, 2.45) is 30.2 Å². The predicted octanol–water partition coefficient (Wildman–Crippen LogP) is 2.24. The standard InChI is InChI=1S/C22H28N4O4/c1-13(19(28)22-8-14-5-15(9-22)7-16(6-14)10-22)30-18(27)3-4-26-12-23-20-17(21(26)29)11-24-25(20)2/h11-16H,3-10H2,1-2H3. The highest BCUT2D eigenvalue weighted by Gasteiger charge is 2.55. The van der Waals surface area contributed by atoms with Crippen LogP contribution in [0.3, 0.4) is 0 Å². The van der Waals surface area contributed by atoms with Crippen LogP contribution in [0, 0.1) is 23.2 Å². The number of carbonyl (C=O) groups is 2. The Morgan fingerprint density at radius 3 is 2.47 bits per heavy atom. The molecule has 30 heavy (non-hydrogen) atoms. The normalized spacial score (nSPS) is 30.5. The molecule has 0 spiro atoms. The van der Waals surface area contributed by atoms with Gasteiger partial charge in [0, 0.05) is 19.0 Å². The molecule has 0 radical (unpaired) electrons. The van der Waals surface area contributed by atoms with Crippen molar-refractivity contribution >= 4 is 22.8 Å². The molecule has 1 atom stereocenters. The Bertz CT molecular complexity index is 1030. The van der Waals surface area contributed by atoms with E-state index < -0.39 is 12.1 Å². The lowest BCUT2D eigenvalue weighted by Crippen LogP contribution is -2.52. The monoisotopic (exact) mass is 412 g/mol. The average molecular weight is 412 g/mol. The summed E-state index contributed by atoms with van der Waals surface area (Å²) in [5.74, 6) is 1.66. The van der Waals surface area contributed by atoms with E-state index in [4.69, 9.17) is 4.74 Å². The molecule has 2 heterocycles. The third kappa shape index (κ3) is 3.17. The van der Waals surface area contributed by atoms with Gasteiger partial charge in [0.1, 0.15) is 5.39 Å². The van der Waals surface area contributed by atoms with Crippen LogP contribution in [0.25, 0.3) is 11.0 Å². The van der Waals surface area contributed by atoms with Crippen LogP contribution in [-0.2, 0) is 27.9 Å². The van der Waals surface area contributed by atoms with E-state index in [9.17, 15) is 14.4 Å². The second-order valence-corrected chi connectivity index (χ2v) is 9.69. The van der Waals surface area contributed by atoms with E-state index in [0.29, 0.717) is 28.8 Å². The van der Waals surface area contributed by atoms with E-state index in [2.05, 4.69) is 10.1 Å². The fourth-order valence-corrected chi connectivity index (χ4v) is 6.59. The van der Waals surface area contributed by atoms with Crippen molar-refractivity contribution in [3.05, 3.63) is 22.9 Å². The molecule has 0 aromatic carbocycles. The van der Waals surface area contributed by atoms with Gasteiger partial charge in [0.2, 0.25) is 0 Å². The zero-order valence-electron chi connectivity index (χ0n) is 17.5. The number of nitrogens with zero attached hydrogens (tertiary/aromatic N) is 4. The summed E-state index contributed by atoms with van der Waals surface area (Å²) < 4.78 is 8.43. The number of esters is 1. The molecule has 8 heteroatoms. The van der Waals surface area contributed by atoms with Gasteiger partial charge in [0.25, 0.3) is 5.56 Å². The van der Waals surface area contributed by atoms with Crippen molar-refractivity contribution in [2.75, 3.05) is 0 Å². The van der Waals surface area contributed by atoms with Crippen molar-refractivity contribution in [1.29, 1.82) is 0 Å². The van der Waals surface area contributed by atoms with Crippen LogP contribution in [0.5, 0.6) is 0 Å². The molecule has 0 saturated heterocycles. The van der Waals surface area contributed by atoms with Crippen molar-refractivity contribution < 1.29 is 14.3 Å². The zero-order chi connectivity index (χ0) is 21.0. The lowest BCUT2D eigenvalue weighted by atomic mass is 9.48. The van der Waals surface area contributed by atoms with Gasteiger partial charge in [-0.25, -0.2) is 4.98 Å². The SMILES string of the molecule is CC(OC(=O)CCn1cnc2c(cnn2C)c1=O)C(=O)C12CC3CC(CC(C3)C1)C2. The molecule has 4 bridgehead atoms. The highest BCUT2D eigenvalue weighted by Crippen LogP contribution is 2.60. The molecule has 1 unspecified atom stereocenters. The number of hydrogen-bond donors (Lipinski definition) is 0. The molecule has 2 aromatic heterocycles. The van der Waals surface area contributed by atoms with Crippen LogP contribution < -0.4 is 5.56 Å². The first kappa shape index (κ1) is 19.5. The second kappa shape index (κ2) is 7.03. The quantitative estimate of drug-likeness (QED) is 0.675. The lowest BCUT2D eigenvalue weighted by Gasteiger charge is -2.56. The highest BCUT2D eigenvalue weighted by molar-refractivity contribution is 5.90. The van der Waals surface area contributed by atoms with E-state index in [-0.39, 0.29) is 29.7 Å². The maximum absolute atomic E-state index is 13.3. The highest BCUT2D eigenvalue weighted by atomic mass is 16.5. The zero-order valence-corrected chi connectivity index (χ0v) is 17.5. The molecule has 4 saturated carbocycles. The number of aryl methyl sites for hydroxylation is 2. The van der Waals surface area contributed by atoms with Crippen LogP contribution in [0.1, 0.15) is 51.9 Å². The Morgan fingerprint density at radius 2 is 1.83 bits per heavy atom. The molecule has 4 aliphatic rings. The fraction of sp³-hybridized carbons (Fsp3) is 0.682. The van der Waals surface area contributed by atoms with E-state index in [1.165, 1.54) is 41.0 Å². The average Bonchev–Trinajstić information content (AvgIpc) is 3.07. The second-order valence-electron chi connectivity index (χ2n) is 9.69. The van der Waals surface area contributed by atoms with Gasteiger partial charge in [0.15, 0.2) is 17.5 Å². The summed E-state index contributed by atoms with van der Waals surface area (Å²) in [5.41, 5.74) is -0.00657. The van der Waals surface area contributed by atoms with Crippen molar-refractivity contribution in [2.45, 2.75) is 64.5 Å². The van der Waals surface area contributed by atoms with Gasteiger partial charge in [0.05, 0.1) is 18.9 Å². The summed E-state index contributed by atoms with van der Waals surface area (Å²) >= 11 is 0. The molecule has 4 fully saturated rings. The summed E-state index contributed by atoms with van der Waals surface area (Å²) in [6.45, 7) is 1.86. The summed E-state index contributed by atoms with van der Waals surface area (Å²) in [6.07, 6.45) is 8.88. The van der Waals surface area contributed by atoms with Gasteiger partial charge in [-0.1, -0.05) is 0 Å². The number of rotatable bonds is 6. The molecular weight excluding hydrogens is 384 g/mol. The number of fused-ring (bicyclic) bond motifs is 1. The molecular formula is C22H28N4O4. The minimum atomic E-state index is -0.732. The summed E-state index contributed by atoms with van der Waals surface area (Å²) in [7, 11) is 1.72. The number of ether oxygens (including phenoxy) is 1. The minimum absolute atomic E-state index is 0.0197. The first-order valence-corrected chi connectivity index (χ1v) is 11.0. The van der Waals surface area contributed by atoms with Crippen LogP contribution in [0.4, 0.5) is 0 Å². The van der Waals surface area contributed by atoms with Crippen LogP contribution >= 0.6 is 0 Å². The predicted molar refractivity (Wildman–Crippen MR) is 109 cm³/mol. The Labute approximate surface area is 174 Å². The number of ketones is 1. The molecule has 0 N–H and O–H groups in total. The maximum Gasteiger partial charge on any atom is 0.308 e. The van der Waals surface area contributed by atoms with Crippen LogP contribution in [-0.4, -0.2) is 37.2 Å². The molecule has 4 aliphatic carbocycles. The Hall–Kier alpha value is -2.51. The van der Waals surface area contributed by atoms with Gasteiger partial charge < -0.3 is 4.74 Å². The van der Waals surface area contributed by atoms with E-state index in [1.54, 1.807) is 14.0 Å². The molecule has 0 amide bonds. The number of Topliss-reactive ketones (excluding diaryl/α,β-unsaturated/α-hetero) is 1. The summed E-state index contributed by atoms with van der Waals surface area (Å²) in [6, 6.07) is 0. The summed E-state index contributed by atoms with van der Waals surface area (Å²) in [5, 5.41) is 4.46. The molecule has 8 nitrogen and oxygen atoms in total. The van der Waals surface area contributed by atoms with Gasteiger partial charge in [-0.15, -0.1) is 0 Å². The third-order valence-electron chi connectivity index (χ3n) is 7.51. The van der Waals surface area contributed by atoms with Gasteiger partial charge in [-0.3, -0.25) is 23.6 Å². The number of carbonyl (C=O) groups excluding carboxylic acids is 2. The first-order valence-electron chi connectivity index (χ1n) is 11.0. The van der Waals surface area contributed by atoms with Crippen molar-refractivity contribution in [3.63, 3.8) is 0 Å². The van der Waals surface area contributed by atoms with Gasteiger partial charge >= 0.3 is 5.97 Å². The molecule has 160 valence electrons. The number of hydrogen-bond acceptors (Lipinski definition) is 6. The topological polar surface area (TPSA) is 96.1 Å². The van der Waals surface area contributed by atoms with Crippen molar-refractivity contribution in [3.8, 4) is 0 Å². The minimum Gasteiger partial charge on any atom is -0.455 e. The Balaban J connectivity index is 1.21. The van der Waals surface area contributed by atoms with E-state index in [1.807, 2.05) is 0 Å². The van der Waals surface area contributed by atoms with Crippen molar-refractivity contribution in [1.82, 2.24) is 19.3 Å². The number of aromatic nitrogens is 4. The molecule has 6 rings (SSSR count). The van der Waals surface area contributed by atoms with E-state index in [0.717, 1.165) is 19.3 Å². The maximum atomic E-state index is 13.3. The smallest absolute Gasteiger partial charge is 0.308 e. The van der Waals surface area contributed by atoms with E-state index >= 15 is 0 Å². The van der Waals surface area contributed by atoms with Gasteiger partial charge in [-0.2, -0.15) is 5.10 Å². The van der Waals surface area contributed by atoms with Crippen LogP contribution in [0.15, 0.2) is 17.3 Å². The first-order chi connectivity index (χ1) is 14.3. The Morgan fingerprint density at radius 1 is 1.20 bits per heavy atom. The molecule has 2 aromatic rings. The van der Waals surface area contributed by atoms with Crippen LogP contribution in [0.2, 0.25) is 0 Å². The van der Waals surface area contributed by atoms with Gasteiger partial charge in [-0.05, 0) is 63.2 Å². The molecule has 0 aliphatic heterocycles. The lowest BCUT2D eigenvalue weighted by molar-refractivity contribution is -0.165. The largest absolute Gasteiger partial charge is 0.455 e. The Kier molecular flexibility index (Phi) is 4.56. The summed E-state index contributed by atoms with van der Waals surface area (Å²) in [4.78, 5) is 42.4.